The Labute approximate surface area is 135 Å². The summed E-state index contributed by atoms with van der Waals surface area (Å²) < 4.78 is 30.7. The lowest BCUT2D eigenvalue weighted by Gasteiger charge is -2.20. The molecule has 8 heteroatoms. The van der Waals surface area contributed by atoms with Gasteiger partial charge in [0, 0.05) is 28.2 Å². The van der Waals surface area contributed by atoms with Crippen molar-refractivity contribution in [1.29, 1.82) is 0 Å². The average Bonchev–Trinajstić information content (AvgIpc) is 3.00. The first-order chi connectivity index (χ1) is 10.7. The summed E-state index contributed by atoms with van der Waals surface area (Å²) in [4.78, 5) is 14.0. The highest BCUT2D eigenvalue weighted by Gasteiger charge is 2.20. The number of sulfonamides is 1. The van der Waals surface area contributed by atoms with E-state index in [2.05, 4.69) is 5.32 Å². The predicted octanol–water partition coefficient (Wildman–Crippen LogP) is 1.85. The van der Waals surface area contributed by atoms with Crippen molar-refractivity contribution in [2.45, 2.75) is 4.90 Å². The largest absolute Gasteiger partial charge is 0.459 e. The summed E-state index contributed by atoms with van der Waals surface area (Å²) in [6.45, 7) is 0. The zero-order valence-corrected chi connectivity index (χ0v) is 14.2. The van der Waals surface area contributed by atoms with E-state index in [1.165, 1.54) is 38.6 Å². The van der Waals surface area contributed by atoms with Gasteiger partial charge in [-0.1, -0.05) is 0 Å². The first-order valence-corrected chi connectivity index (χ1v) is 8.26. The third-order valence-corrected chi connectivity index (χ3v) is 5.03. The first kappa shape index (κ1) is 17.0. The molecule has 0 aliphatic rings. The van der Waals surface area contributed by atoms with Gasteiger partial charge in [-0.25, -0.2) is 12.7 Å². The quantitative estimate of drug-likeness (QED) is 0.900. The van der Waals surface area contributed by atoms with Crippen molar-refractivity contribution >= 4 is 27.3 Å². The average molecular weight is 337 g/mol. The molecule has 0 saturated heterocycles. The molecule has 0 fully saturated rings. The van der Waals surface area contributed by atoms with Gasteiger partial charge >= 0.3 is 0 Å². The number of nitrogens with zero attached hydrogens (tertiary/aromatic N) is 2. The van der Waals surface area contributed by atoms with Gasteiger partial charge in [0.25, 0.3) is 5.91 Å². The Kier molecular flexibility index (Phi) is 4.76. The van der Waals surface area contributed by atoms with Gasteiger partial charge in [0.1, 0.15) is 0 Å². The number of carbonyl (C=O) groups is 1. The van der Waals surface area contributed by atoms with E-state index in [9.17, 15) is 13.2 Å². The second kappa shape index (κ2) is 6.43. The highest BCUT2D eigenvalue weighted by Crippen LogP contribution is 2.29. The standard InChI is InChI=1S/C15H19N3O4S/c1-17(2)13-8-7-11(23(20,21)18(3)4)10-12(13)16-15(19)14-6-5-9-22-14/h5-10H,1-4H3,(H,16,19). The minimum Gasteiger partial charge on any atom is -0.459 e. The molecule has 0 aliphatic heterocycles. The molecule has 1 aromatic carbocycles. The van der Waals surface area contributed by atoms with Crippen LogP contribution in [-0.4, -0.2) is 46.8 Å². The Hall–Kier alpha value is -2.32. The van der Waals surface area contributed by atoms with Crippen molar-refractivity contribution < 1.29 is 17.6 Å². The summed E-state index contributed by atoms with van der Waals surface area (Å²) in [5.74, 6) is -0.298. The number of furan rings is 1. The van der Waals surface area contributed by atoms with E-state index in [-0.39, 0.29) is 10.7 Å². The summed E-state index contributed by atoms with van der Waals surface area (Å²) in [6, 6.07) is 7.73. The van der Waals surface area contributed by atoms with Gasteiger partial charge in [0.15, 0.2) is 5.76 Å². The molecule has 0 unspecified atom stereocenters. The molecule has 0 saturated carbocycles. The van der Waals surface area contributed by atoms with E-state index in [0.29, 0.717) is 11.4 Å². The lowest BCUT2D eigenvalue weighted by atomic mass is 10.2. The molecular weight excluding hydrogens is 318 g/mol. The Morgan fingerprint density at radius 3 is 2.35 bits per heavy atom. The molecule has 2 rings (SSSR count). The Balaban J connectivity index is 2.45. The van der Waals surface area contributed by atoms with Crippen molar-refractivity contribution in [2.75, 3.05) is 38.4 Å². The first-order valence-electron chi connectivity index (χ1n) is 6.82. The topological polar surface area (TPSA) is 82.9 Å². The number of nitrogens with one attached hydrogen (secondary N) is 1. The summed E-state index contributed by atoms with van der Waals surface area (Å²) >= 11 is 0. The summed E-state index contributed by atoms with van der Waals surface area (Å²) in [7, 11) is 2.93. The summed E-state index contributed by atoms with van der Waals surface area (Å²) in [5.41, 5.74) is 1.07. The molecule has 1 heterocycles. The number of carbonyl (C=O) groups excluding carboxylic acids is 1. The lowest BCUT2D eigenvalue weighted by Crippen LogP contribution is -2.23. The smallest absolute Gasteiger partial charge is 0.291 e. The molecule has 0 spiro atoms. The van der Waals surface area contributed by atoms with Crippen LogP contribution in [0.1, 0.15) is 10.6 Å². The third kappa shape index (κ3) is 3.54. The minimum atomic E-state index is -3.59. The number of hydrogen-bond acceptors (Lipinski definition) is 5. The maximum absolute atomic E-state index is 12.3. The van der Waals surface area contributed by atoms with Crippen LogP contribution in [-0.2, 0) is 10.0 Å². The van der Waals surface area contributed by atoms with E-state index in [0.717, 1.165) is 4.31 Å². The normalized spacial score (nSPS) is 11.5. The van der Waals surface area contributed by atoms with Crippen molar-refractivity contribution in [3.8, 4) is 0 Å². The van der Waals surface area contributed by atoms with Crippen molar-refractivity contribution in [3.05, 3.63) is 42.4 Å². The van der Waals surface area contributed by atoms with Crippen molar-refractivity contribution in [2.24, 2.45) is 0 Å². The van der Waals surface area contributed by atoms with Crippen LogP contribution in [0.4, 0.5) is 11.4 Å². The fraction of sp³-hybridized carbons (Fsp3) is 0.267. The number of benzene rings is 1. The van der Waals surface area contributed by atoms with E-state index < -0.39 is 15.9 Å². The van der Waals surface area contributed by atoms with Crippen LogP contribution in [0.3, 0.4) is 0 Å². The van der Waals surface area contributed by atoms with Crippen LogP contribution in [0.15, 0.2) is 45.9 Å². The molecule has 7 nitrogen and oxygen atoms in total. The molecule has 0 bridgehead atoms. The summed E-state index contributed by atoms with van der Waals surface area (Å²) in [5, 5.41) is 2.69. The minimum absolute atomic E-state index is 0.0999. The van der Waals surface area contributed by atoms with E-state index in [1.807, 2.05) is 0 Å². The maximum atomic E-state index is 12.3. The van der Waals surface area contributed by atoms with E-state index in [1.54, 1.807) is 31.1 Å². The van der Waals surface area contributed by atoms with Gasteiger partial charge in [0.2, 0.25) is 10.0 Å². The zero-order valence-electron chi connectivity index (χ0n) is 13.4. The molecule has 0 aliphatic carbocycles. The number of amides is 1. The lowest BCUT2D eigenvalue weighted by molar-refractivity contribution is 0.0996. The van der Waals surface area contributed by atoms with Gasteiger partial charge in [-0.2, -0.15) is 0 Å². The SMILES string of the molecule is CN(C)c1ccc(S(=O)(=O)N(C)C)cc1NC(=O)c1ccco1. The molecule has 0 atom stereocenters. The van der Waals surface area contributed by atoms with Crippen LogP contribution < -0.4 is 10.2 Å². The van der Waals surface area contributed by atoms with Crippen LogP contribution in [0.2, 0.25) is 0 Å². The van der Waals surface area contributed by atoms with Gasteiger partial charge < -0.3 is 14.6 Å². The monoisotopic (exact) mass is 337 g/mol. The summed E-state index contributed by atoms with van der Waals surface area (Å²) in [6.07, 6.45) is 1.40. The molecule has 0 radical (unpaired) electrons. The van der Waals surface area contributed by atoms with Gasteiger partial charge in [-0.15, -0.1) is 0 Å². The predicted molar refractivity (Wildman–Crippen MR) is 88.3 cm³/mol. The number of rotatable bonds is 5. The van der Waals surface area contributed by atoms with Gasteiger partial charge in [0.05, 0.1) is 22.5 Å². The highest BCUT2D eigenvalue weighted by atomic mass is 32.2. The fourth-order valence-electron chi connectivity index (χ4n) is 1.97. The second-order valence-corrected chi connectivity index (χ2v) is 7.44. The molecule has 1 amide bonds. The Morgan fingerprint density at radius 1 is 1.13 bits per heavy atom. The third-order valence-electron chi connectivity index (χ3n) is 3.22. The van der Waals surface area contributed by atoms with Crippen molar-refractivity contribution in [3.63, 3.8) is 0 Å². The Morgan fingerprint density at radius 2 is 1.83 bits per heavy atom. The molecular formula is C15H19N3O4S. The maximum Gasteiger partial charge on any atom is 0.291 e. The van der Waals surface area contributed by atoms with Gasteiger partial charge in [-0.3, -0.25) is 4.79 Å². The number of hydrogen-bond donors (Lipinski definition) is 1. The fourth-order valence-corrected chi connectivity index (χ4v) is 2.90. The van der Waals surface area contributed by atoms with E-state index >= 15 is 0 Å². The van der Waals surface area contributed by atoms with Crippen LogP contribution in [0, 0.1) is 0 Å². The van der Waals surface area contributed by atoms with Crippen LogP contribution in [0.5, 0.6) is 0 Å². The molecule has 23 heavy (non-hydrogen) atoms. The second-order valence-electron chi connectivity index (χ2n) is 5.29. The zero-order chi connectivity index (χ0) is 17.2. The van der Waals surface area contributed by atoms with Crippen LogP contribution in [0.25, 0.3) is 0 Å². The molecule has 1 N–H and O–H groups in total. The van der Waals surface area contributed by atoms with Crippen molar-refractivity contribution in [1.82, 2.24) is 4.31 Å². The Bertz CT molecular complexity index is 796. The van der Waals surface area contributed by atoms with E-state index in [4.69, 9.17) is 4.42 Å². The highest BCUT2D eigenvalue weighted by molar-refractivity contribution is 7.89. The number of anilines is 2. The molecule has 1 aromatic heterocycles. The van der Waals surface area contributed by atoms with Crippen LogP contribution >= 0.6 is 0 Å². The molecule has 2 aromatic rings. The van der Waals surface area contributed by atoms with Gasteiger partial charge in [-0.05, 0) is 30.3 Å². The molecule has 124 valence electrons.